The van der Waals surface area contributed by atoms with Gasteiger partial charge in [-0.05, 0) is 12.8 Å². The molecule has 0 amide bonds. The Morgan fingerprint density at radius 3 is 1.62 bits per heavy atom. The van der Waals surface area contributed by atoms with Crippen molar-refractivity contribution in [1.29, 1.82) is 0 Å². The van der Waals surface area contributed by atoms with E-state index in [-0.39, 0.29) is 0 Å². The molecule has 1 aliphatic carbocycles. The van der Waals surface area contributed by atoms with Crippen LogP contribution in [0.1, 0.15) is 19.3 Å². The first-order valence-corrected chi connectivity index (χ1v) is 3.10. The normalized spacial score (nSPS) is 23.5. The lowest BCUT2D eigenvalue weighted by atomic mass is 9.69. The van der Waals surface area contributed by atoms with Crippen LogP contribution in [0.4, 0.5) is 0 Å². The van der Waals surface area contributed by atoms with Crippen molar-refractivity contribution in [3.05, 3.63) is 25.3 Å². The van der Waals surface area contributed by atoms with Crippen molar-refractivity contribution in [3.8, 4) is 0 Å². The van der Waals surface area contributed by atoms with E-state index in [4.69, 9.17) is 0 Å². The highest BCUT2D eigenvalue weighted by Crippen LogP contribution is 2.42. The third kappa shape index (κ3) is 0.605. The third-order valence-electron chi connectivity index (χ3n) is 2.10. The minimum Gasteiger partial charge on any atom is -0.102 e. The summed E-state index contributed by atoms with van der Waals surface area (Å²) in [7, 11) is 0. The van der Waals surface area contributed by atoms with Gasteiger partial charge in [-0.1, -0.05) is 18.6 Å². The Balaban J connectivity index is 2.57. The molecule has 0 atom stereocenters. The highest BCUT2D eigenvalue weighted by Gasteiger charge is 2.29. The predicted molar refractivity (Wildman–Crippen MR) is 36.7 cm³/mol. The van der Waals surface area contributed by atoms with E-state index in [0.29, 0.717) is 5.41 Å². The molecule has 0 saturated heterocycles. The number of hydrogen-bond donors (Lipinski definition) is 0. The maximum Gasteiger partial charge on any atom is 0.00556 e. The number of allylic oxidation sites excluding steroid dienone is 2. The molecule has 0 radical (unpaired) electrons. The monoisotopic (exact) mass is 108 g/mol. The standard InChI is InChI=1S/C8H12/c1-3-8(4-2)6-5-7-8/h3-4H,1-2,5-7H2. The molecule has 0 N–H and O–H groups in total. The van der Waals surface area contributed by atoms with Crippen molar-refractivity contribution in [2.24, 2.45) is 5.41 Å². The van der Waals surface area contributed by atoms with Crippen LogP contribution in [0.2, 0.25) is 0 Å². The molecule has 1 rings (SSSR count). The fourth-order valence-corrected chi connectivity index (χ4v) is 1.08. The van der Waals surface area contributed by atoms with Crippen LogP contribution in [-0.4, -0.2) is 0 Å². The molecule has 0 heterocycles. The van der Waals surface area contributed by atoms with Gasteiger partial charge in [-0.15, -0.1) is 13.2 Å². The molecule has 1 aliphatic rings. The molecule has 0 aliphatic heterocycles. The Morgan fingerprint density at radius 1 is 1.12 bits per heavy atom. The van der Waals surface area contributed by atoms with Crippen LogP contribution < -0.4 is 0 Å². The summed E-state index contributed by atoms with van der Waals surface area (Å²) in [4.78, 5) is 0. The summed E-state index contributed by atoms with van der Waals surface area (Å²) in [5.41, 5.74) is 0.333. The molecule has 0 nitrogen and oxygen atoms in total. The lowest BCUT2D eigenvalue weighted by Crippen LogP contribution is -2.23. The summed E-state index contributed by atoms with van der Waals surface area (Å²) in [6.45, 7) is 7.51. The highest BCUT2D eigenvalue weighted by molar-refractivity contribution is 5.10. The Morgan fingerprint density at radius 2 is 1.62 bits per heavy atom. The Kier molecular flexibility index (Phi) is 1.24. The molecule has 0 bridgehead atoms. The van der Waals surface area contributed by atoms with Crippen molar-refractivity contribution >= 4 is 0 Å². The maximum atomic E-state index is 3.75. The molecule has 0 unspecified atom stereocenters. The molecular weight excluding hydrogens is 96.1 g/mol. The van der Waals surface area contributed by atoms with E-state index in [1.54, 1.807) is 0 Å². The molecular formula is C8H12. The third-order valence-corrected chi connectivity index (χ3v) is 2.10. The van der Waals surface area contributed by atoms with Crippen molar-refractivity contribution in [2.45, 2.75) is 19.3 Å². The summed E-state index contributed by atoms with van der Waals surface area (Å²) in [6.07, 6.45) is 7.91. The van der Waals surface area contributed by atoms with Gasteiger partial charge in [0.2, 0.25) is 0 Å². The van der Waals surface area contributed by atoms with Gasteiger partial charge >= 0.3 is 0 Å². The highest BCUT2D eigenvalue weighted by atomic mass is 14.3. The van der Waals surface area contributed by atoms with E-state index >= 15 is 0 Å². The van der Waals surface area contributed by atoms with Gasteiger partial charge in [-0.2, -0.15) is 0 Å². The van der Waals surface area contributed by atoms with Crippen molar-refractivity contribution < 1.29 is 0 Å². The molecule has 8 heavy (non-hydrogen) atoms. The predicted octanol–water partition coefficient (Wildman–Crippen LogP) is 2.53. The van der Waals surface area contributed by atoms with E-state index in [9.17, 15) is 0 Å². The smallest absolute Gasteiger partial charge is 0.00556 e. The van der Waals surface area contributed by atoms with Gasteiger partial charge in [-0.3, -0.25) is 0 Å². The maximum absolute atomic E-state index is 3.75. The summed E-state index contributed by atoms with van der Waals surface area (Å²) >= 11 is 0. The molecule has 0 aromatic heterocycles. The van der Waals surface area contributed by atoms with Gasteiger partial charge in [0, 0.05) is 5.41 Å². The second-order valence-electron chi connectivity index (χ2n) is 2.49. The van der Waals surface area contributed by atoms with Crippen LogP contribution in [0.25, 0.3) is 0 Å². The van der Waals surface area contributed by atoms with Crippen molar-refractivity contribution in [2.75, 3.05) is 0 Å². The van der Waals surface area contributed by atoms with Crippen LogP contribution in [0.15, 0.2) is 25.3 Å². The van der Waals surface area contributed by atoms with E-state index < -0.39 is 0 Å². The SMILES string of the molecule is C=CC1(C=C)CCC1. The topological polar surface area (TPSA) is 0 Å². The van der Waals surface area contributed by atoms with Gasteiger partial charge in [0.15, 0.2) is 0 Å². The van der Waals surface area contributed by atoms with Crippen LogP contribution in [0, 0.1) is 5.41 Å². The van der Waals surface area contributed by atoms with Gasteiger partial charge in [0.05, 0.1) is 0 Å². The van der Waals surface area contributed by atoms with Crippen LogP contribution >= 0.6 is 0 Å². The fourth-order valence-electron chi connectivity index (χ4n) is 1.08. The van der Waals surface area contributed by atoms with E-state index in [2.05, 4.69) is 13.2 Å². The van der Waals surface area contributed by atoms with Crippen molar-refractivity contribution in [3.63, 3.8) is 0 Å². The average Bonchev–Trinajstić information content (AvgIpc) is 1.67. The zero-order chi connectivity index (χ0) is 6.04. The Bertz CT molecular complexity index is 97.2. The van der Waals surface area contributed by atoms with E-state index in [1.165, 1.54) is 19.3 Å². The van der Waals surface area contributed by atoms with Crippen LogP contribution in [0.5, 0.6) is 0 Å². The zero-order valence-electron chi connectivity index (χ0n) is 5.19. The molecule has 44 valence electrons. The molecule has 0 aromatic rings. The first-order valence-electron chi connectivity index (χ1n) is 3.10. The first kappa shape index (κ1) is 5.61. The largest absolute Gasteiger partial charge is 0.102 e. The second-order valence-corrected chi connectivity index (χ2v) is 2.49. The van der Waals surface area contributed by atoms with Gasteiger partial charge in [0.1, 0.15) is 0 Å². The summed E-state index contributed by atoms with van der Waals surface area (Å²) in [5.74, 6) is 0. The lowest BCUT2D eigenvalue weighted by molar-refractivity contribution is 0.278. The van der Waals surface area contributed by atoms with E-state index in [0.717, 1.165) is 0 Å². The van der Waals surface area contributed by atoms with Gasteiger partial charge in [0.25, 0.3) is 0 Å². The molecule has 1 fully saturated rings. The summed E-state index contributed by atoms with van der Waals surface area (Å²) < 4.78 is 0. The average molecular weight is 108 g/mol. The van der Waals surface area contributed by atoms with Crippen molar-refractivity contribution in [1.82, 2.24) is 0 Å². The minimum atomic E-state index is 0.333. The number of rotatable bonds is 2. The first-order chi connectivity index (χ1) is 3.83. The zero-order valence-corrected chi connectivity index (χ0v) is 5.19. The quantitative estimate of drug-likeness (QED) is 0.477. The molecule has 0 aromatic carbocycles. The summed E-state index contributed by atoms with van der Waals surface area (Å²) in [5, 5.41) is 0. The Hall–Kier alpha value is -0.520. The molecule has 0 heteroatoms. The Labute approximate surface area is 50.9 Å². The molecule has 1 saturated carbocycles. The number of hydrogen-bond acceptors (Lipinski definition) is 0. The summed E-state index contributed by atoms with van der Waals surface area (Å²) in [6, 6.07) is 0. The van der Waals surface area contributed by atoms with Crippen LogP contribution in [0.3, 0.4) is 0 Å². The van der Waals surface area contributed by atoms with Gasteiger partial charge in [-0.25, -0.2) is 0 Å². The van der Waals surface area contributed by atoms with Gasteiger partial charge < -0.3 is 0 Å². The second kappa shape index (κ2) is 1.77. The molecule has 0 spiro atoms. The van der Waals surface area contributed by atoms with E-state index in [1.807, 2.05) is 12.2 Å². The lowest BCUT2D eigenvalue weighted by Gasteiger charge is -2.35. The van der Waals surface area contributed by atoms with Crippen LogP contribution in [-0.2, 0) is 0 Å². The fraction of sp³-hybridized carbons (Fsp3) is 0.500. The minimum absolute atomic E-state index is 0.333.